The summed E-state index contributed by atoms with van der Waals surface area (Å²) < 4.78 is 6.20. The van der Waals surface area contributed by atoms with Gasteiger partial charge in [0.05, 0.1) is 28.3 Å². The van der Waals surface area contributed by atoms with Crippen LogP contribution in [-0.2, 0) is 0 Å². The highest BCUT2D eigenvalue weighted by atomic mass is 32.1. The number of amidine groups is 1. The van der Waals surface area contributed by atoms with E-state index in [2.05, 4.69) is 10.1 Å². The number of aromatic nitrogens is 1. The summed E-state index contributed by atoms with van der Waals surface area (Å²) in [6, 6.07) is 11.3. The van der Waals surface area contributed by atoms with Crippen LogP contribution in [0, 0.1) is 5.41 Å². The molecule has 0 unspecified atom stereocenters. The number of nitrogens with one attached hydrogen (secondary N) is 1. The lowest BCUT2D eigenvalue weighted by molar-refractivity contribution is 0.357. The van der Waals surface area contributed by atoms with Gasteiger partial charge >= 0.3 is 0 Å². The molecule has 0 amide bonds. The van der Waals surface area contributed by atoms with Gasteiger partial charge in [-0.25, -0.2) is 9.99 Å². The lowest BCUT2D eigenvalue weighted by Gasteiger charge is -2.10. The van der Waals surface area contributed by atoms with Gasteiger partial charge in [-0.15, -0.1) is 11.3 Å². The highest BCUT2D eigenvalue weighted by Crippen LogP contribution is 2.33. The Morgan fingerprint density at radius 2 is 2.17 bits per heavy atom. The molecule has 0 atom stereocenters. The van der Waals surface area contributed by atoms with E-state index in [0.717, 1.165) is 10.2 Å². The van der Waals surface area contributed by atoms with Crippen molar-refractivity contribution in [2.45, 2.75) is 0 Å². The number of furan rings is 1. The second-order valence-corrected chi connectivity index (χ2v) is 6.01. The smallest absolute Gasteiger partial charge is 0.155 e. The van der Waals surface area contributed by atoms with Crippen LogP contribution in [0.2, 0.25) is 0 Å². The molecule has 3 aromatic rings. The van der Waals surface area contributed by atoms with Crippen molar-refractivity contribution in [1.29, 1.82) is 5.41 Å². The Bertz CT molecular complexity index is 907. The molecule has 1 aromatic carbocycles. The Labute approximate surface area is 135 Å². The van der Waals surface area contributed by atoms with Crippen LogP contribution in [0.1, 0.15) is 10.8 Å². The molecule has 0 bridgehead atoms. The van der Waals surface area contributed by atoms with E-state index in [-0.39, 0.29) is 18.1 Å². The summed E-state index contributed by atoms with van der Waals surface area (Å²) in [6.45, 7) is 0.154. The number of rotatable bonds is 3. The maximum Gasteiger partial charge on any atom is 0.155 e. The van der Waals surface area contributed by atoms with E-state index in [4.69, 9.17) is 9.83 Å². The number of hydrogen-bond acceptors (Lipinski definition) is 6. The van der Waals surface area contributed by atoms with Crippen LogP contribution >= 0.6 is 11.3 Å². The number of nitrogens with zero attached hydrogens (tertiary/aromatic N) is 3. The van der Waals surface area contributed by atoms with Crippen LogP contribution in [-0.4, -0.2) is 33.7 Å². The number of aliphatic hydroxyl groups is 1. The van der Waals surface area contributed by atoms with Crippen LogP contribution in [0.5, 0.6) is 0 Å². The lowest BCUT2D eigenvalue weighted by Crippen LogP contribution is -2.20. The zero-order valence-electron chi connectivity index (χ0n) is 11.9. The number of aliphatic hydroxyl groups excluding tert-OH is 1. The van der Waals surface area contributed by atoms with Crippen LogP contribution in [0.25, 0.3) is 15.8 Å². The van der Waals surface area contributed by atoms with E-state index < -0.39 is 0 Å². The maximum atomic E-state index is 10.2. The number of fused-ring (bicyclic) bond motifs is 1. The van der Waals surface area contributed by atoms with E-state index in [1.807, 2.05) is 24.3 Å². The third kappa shape index (κ3) is 2.40. The van der Waals surface area contributed by atoms with E-state index >= 15 is 0 Å². The van der Waals surface area contributed by atoms with Crippen LogP contribution in [0.3, 0.4) is 0 Å². The van der Waals surface area contributed by atoms with Gasteiger partial charge in [0, 0.05) is 0 Å². The summed E-state index contributed by atoms with van der Waals surface area (Å²) in [5.41, 5.74) is 1.29. The van der Waals surface area contributed by atoms with Gasteiger partial charge in [-0.2, -0.15) is 5.10 Å². The second-order valence-electron chi connectivity index (χ2n) is 4.97. The summed E-state index contributed by atoms with van der Waals surface area (Å²) in [6.07, 6.45) is 3.07. The van der Waals surface area contributed by atoms with Gasteiger partial charge in [0.1, 0.15) is 23.1 Å². The second kappa shape index (κ2) is 5.36. The Morgan fingerprint density at radius 3 is 2.96 bits per heavy atom. The van der Waals surface area contributed by atoms with Gasteiger partial charge < -0.3 is 9.52 Å². The van der Waals surface area contributed by atoms with Crippen molar-refractivity contribution in [2.75, 3.05) is 6.54 Å². The van der Waals surface area contributed by atoms with Crippen molar-refractivity contribution in [3.8, 4) is 0 Å². The molecule has 0 spiro atoms. The zero-order valence-corrected chi connectivity index (χ0v) is 12.7. The monoisotopic (exact) mass is 324 g/mol. The average molecular weight is 324 g/mol. The van der Waals surface area contributed by atoms with Crippen molar-refractivity contribution in [3.05, 3.63) is 59.2 Å². The first kappa shape index (κ1) is 13.7. The van der Waals surface area contributed by atoms with Crippen molar-refractivity contribution in [1.82, 2.24) is 9.99 Å². The minimum Gasteiger partial charge on any atom is -0.509 e. The quantitative estimate of drug-likeness (QED) is 0.722. The fraction of sp³-hybridized carbons (Fsp3) is 0.0625. The standard InChI is InChI=1S/C16H12N4O2S/c17-15-14(16-19-11-5-1-2-6-13(11)23-16)12(21)9-20(15)18-8-10-4-3-7-22-10/h1-8,17,21H,9H2. The maximum absolute atomic E-state index is 10.2. The molecule has 1 aliphatic heterocycles. The van der Waals surface area contributed by atoms with Crippen LogP contribution < -0.4 is 0 Å². The van der Waals surface area contributed by atoms with Crippen molar-refractivity contribution >= 4 is 39.2 Å². The van der Waals surface area contributed by atoms with Crippen molar-refractivity contribution in [2.24, 2.45) is 5.10 Å². The first-order valence-corrected chi connectivity index (χ1v) is 7.76. The summed E-state index contributed by atoms with van der Waals surface area (Å²) in [4.78, 5) is 4.50. The average Bonchev–Trinajstić information content (AvgIpc) is 3.24. The molecular weight excluding hydrogens is 312 g/mol. The molecule has 114 valence electrons. The van der Waals surface area contributed by atoms with E-state index in [1.165, 1.54) is 22.6 Å². The predicted octanol–water partition coefficient (Wildman–Crippen LogP) is 3.49. The highest BCUT2D eigenvalue weighted by Gasteiger charge is 2.30. The predicted molar refractivity (Wildman–Crippen MR) is 89.9 cm³/mol. The fourth-order valence-electron chi connectivity index (χ4n) is 2.36. The van der Waals surface area contributed by atoms with Gasteiger partial charge in [0.15, 0.2) is 5.84 Å². The normalized spacial score (nSPS) is 15.5. The van der Waals surface area contributed by atoms with Gasteiger partial charge in [-0.3, -0.25) is 5.41 Å². The molecular formula is C16H12N4O2S. The molecule has 6 nitrogen and oxygen atoms in total. The lowest BCUT2D eigenvalue weighted by atomic mass is 10.2. The van der Waals surface area contributed by atoms with Gasteiger partial charge in [-0.05, 0) is 24.3 Å². The molecule has 0 saturated heterocycles. The first-order valence-electron chi connectivity index (χ1n) is 6.94. The number of benzene rings is 1. The van der Waals surface area contributed by atoms with Gasteiger partial charge in [-0.1, -0.05) is 12.1 Å². The van der Waals surface area contributed by atoms with Crippen LogP contribution in [0.15, 0.2) is 57.9 Å². The Kier molecular flexibility index (Phi) is 3.20. The third-order valence-corrected chi connectivity index (χ3v) is 4.51. The summed E-state index contributed by atoms with van der Waals surface area (Å²) in [7, 11) is 0. The van der Waals surface area contributed by atoms with Gasteiger partial charge in [0.2, 0.25) is 0 Å². The molecule has 23 heavy (non-hydrogen) atoms. The Balaban J connectivity index is 1.64. The van der Waals surface area contributed by atoms with Crippen molar-refractivity contribution < 1.29 is 9.52 Å². The highest BCUT2D eigenvalue weighted by molar-refractivity contribution is 7.19. The van der Waals surface area contributed by atoms with Gasteiger partial charge in [0.25, 0.3) is 0 Å². The molecule has 2 N–H and O–H groups in total. The molecule has 7 heteroatoms. The fourth-order valence-corrected chi connectivity index (χ4v) is 3.39. The van der Waals surface area contributed by atoms with E-state index in [9.17, 15) is 5.11 Å². The molecule has 0 aliphatic carbocycles. The topological polar surface area (TPSA) is 85.7 Å². The summed E-state index contributed by atoms with van der Waals surface area (Å²) in [5, 5.41) is 24.7. The van der Waals surface area contributed by atoms with E-state index in [0.29, 0.717) is 16.3 Å². The number of hydrogen-bond donors (Lipinski definition) is 2. The summed E-state index contributed by atoms with van der Waals surface area (Å²) in [5.74, 6) is 0.820. The largest absolute Gasteiger partial charge is 0.509 e. The zero-order chi connectivity index (χ0) is 15.8. The molecule has 4 rings (SSSR count). The number of thiazole rings is 1. The summed E-state index contributed by atoms with van der Waals surface area (Å²) >= 11 is 1.45. The Hall–Kier alpha value is -2.93. The molecule has 0 saturated carbocycles. The van der Waals surface area contributed by atoms with Crippen LogP contribution in [0.4, 0.5) is 0 Å². The minimum absolute atomic E-state index is 0.102. The molecule has 2 aromatic heterocycles. The minimum atomic E-state index is 0.102. The molecule has 3 heterocycles. The van der Waals surface area contributed by atoms with E-state index in [1.54, 1.807) is 18.4 Å². The first-order chi connectivity index (χ1) is 11.2. The molecule has 0 radical (unpaired) electrons. The van der Waals surface area contributed by atoms with Crippen molar-refractivity contribution in [3.63, 3.8) is 0 Å². The molecule has 0 fully saturated rings. The molecule has 1 aliphatic rings. The number of hydrazone groups is 1. The SMILES string of the molecule is N=C1C(c2nc3ccccc3s2)=C(O)CN1N=Cc1ccco1. The number of para-hydroxylation sites is 1. The third-order valence-electron chi connectivity index (χ3n) is 3.46. The Morgan fingerprint density at radius 1 is 1.30 bits per heavy atom.